The van der Waals surface area contributed by atoms with Gasteiger partial charge in [-0.2, -0.15) is 0 Å². The maximum absolute atomic E-state index is 10.2. The first-order chi connectivity index (χ1) is 12.2. The third kappa shape index (κ3) is 2.70. The lowest BCUT2D eigenvalue weighted by atomic mass is 10.1. The first-order valence-electron chi connectivity index (χ1n) is 7.85. The Labute approximate surface area is 149 Å². The quantitative estimate of drug-likeness (QED) is 0.657. The number of thioether (sulfide) groups is 1. The lowest BCUT2D eigenvalue weighted by Gasteiger charge is -2.06. The van der Waals surface area contributed by atoms with Crippen LogP contribution in [0.25, 0.3) is 22.0 Å². The Morgan fingerprint density at radius 1 is 1.08 bits per heavy atom. The minimum absolute atomic E-state index is 0.184. The monoisotopic (exact) mass is 353 g/mol. The number of phenolic OH excluding ortho intramolecular Hbond substituents is 1. The third-order valence-corrected chi connectivity index (χ3v) is 5.28. The van der Waals surface area contributed by atoms with Gasteiger partial charge in [0.1, 0.15) is 27.5 Å². The van der Waals surface area contributed by atoms with E-state index in [9.17, 15) is 5.11 Å². The molecule has 25 heavy (non-hydrogen) atoms. The summed E-state index contributed by atoms with van der Waals surface area (Å²) in [5, 5.41) is 11.2. The molecule has 4 rings (SSSR count). The second-order valence-corrected chi connectivity index (χ2v) is 6.68. The SMILES string of the molecule is COc1cccc(O)c1/C=C1\SCc2cc3c(OC)cccc3[o+]c21. The highest BCUT2D eigenvalue weighted by Crippen LogP contribution is 2.46. The first-order valence-corrected chi connectivity index (χ1v) is 8.83. The summed E-state index contributed by atoms with van der Waals surface area (Å²) >= 11 is 1.68. The van der Waals surface area contributed by atoms with Crippen LogP contribution < -0.4 is 9.47 Å². The van der Waals surface area contributed by atoms with Gasteiger partial charge in [0, 0.05) is 11.8 Å². The summed E-state index contributed by atoms with van der Waals surface area (Å²) in [6.45, 7) is 0. The molecule has 0 atom stereocenters. The fourth-order valence-corrected chi connectivity index (χ4v) is 4.01. The molecule has 0 amide bonds. The Hall–Kier alpha value is -2.66. The normalized spacial score (nSPS) is 14.7. The van der Waals surface area contributed by atoms with E-state index in [2.05, 4.69) is 6.07 Å². The predicted molar refractivity (Wildman–Crippen MR) is 101 cm³/mol. The highest BCUT2D eigenvalue weighted by Gasteiger charge is 2.31. The van der Waals surface area contributed by atoms with E-state index in [0.717, 1.165) is 38.7 Å². The van der Waals surface area contributed by atoms with Gasteiger partial charge in [-0.15, -0.1) is 11.8 Å². The Morgan fingerprint density at radius 3 is 2.64 bits per heavy atom. The van der Waals surface area contributed by atoms with Crippen molar-refractivity contribution in [2.75, 3.05) is 14.2 Å². The standard InChI is InChI=1S/C20H16O4S/c1-22-16-6-3-5-15(21)13(16)10-19-20-12(11-25-19)9-14-17(23-2)7-4-8-18(14)24-20/h3-10H,11H2,1-2H3/p+1/b19-10-. The van der Waals surface area contributed by atoms with E-state index >= 15 is 0 Å². The summed E-state index contributed by atoms with van der Waals surface area (Å²) in [5.74, 6) is 3.26. The molecule has 1 N–H and O–H groups in total. The lowest BCUT2D eigenvalue weighted by Crippen LogP contribution is -1.89. The first kappa shape index (κ1) is 15.8. The number of aromatic hydroxyl groups is 1. The summed E-state index contributed by atoms with van der Waals surface area (Å²) in [7, 11) is 3.25. The maximum Gasteiger partial charge on any atom is 0.371 e. The molecule has 3 aromatic rings. The summed E-state index contributed by atoms with van der Waals surface area (Å²) in [6, 6.07) is 13.1. The number of rotatable bonds is 3. The van der Waals surface area contributed by atoms with Crippen LogP contribution in [0.5, 0.6) is 17.2 Å². The summed E-state index contributed by atoms with van der Waals surface area (Å²) in [6.07, 6.45) is 1.92. The fraction of sp³-hybridized carbons (Fsp3) is 0.150. The molecule has 0 spiro atoms. The molecule has 1 aromatic heterocycles. The van der Waals surface area contributed by atoms with Crippen molar-refractivity contribution in [1.82, 2.24) is 0 Å². The van der Waals surface area contributed by atoms with Gasteiger partial charge in [-0.05, 0) is 36.4 Å². The van der Waals surface area contributed by atoms with Crippen LogP contribution in [0.3, 0.4) is 0 Å². The van der Waals surface area contributed by atoms with Gasteiger partial charge in [0.25, 0.3) is 0 Å². The zero-order chi connectivity index (χ0) is 17.4. The van der Waals surface area contributed by atoms with Crippen LogP contribution in [-0.2, 0) is 5.75 Å². The highest BCUT2D eigenvalue weighted by molar-refractivity contribution is 8.08. The van der Waals surface area contributed by atoms with Gasteiger partial charge < -0.3 is 14.6 Å². The molecule has 0 radical (unpaired) electrons. The topological polar surface area (TPSA) is 50.0 Å². The molecule has 2 heterocycles. The van der Waals surface area contributed by atoms with Crippen LogP contribution in [0.2, 0.25) is 0 Å². The van der Waals surface area contributed by atoms with Crippen LogP contribution in [-0.4, -0.2) is 19.3 Å². The van der Waals surface area contributed by atoms with E-state index in [1.807, 2.05) is 30.3 Å². The number of benzene rings is 2. The summed E-state index contributed by atoms with van der Waals surface area (Å²) in [5.41, 5.74) is 2.54. The minimum Gasteiger partial charge on any atom is -0.507 e. The van der Waals surface area contributed by atoms with Gasteiger partial charge in [0.2, 0.25) is 0 Å². The van der Waals surface area contributed by atoms with Gasteiger partial charge >= 0.3 is 11.3 Å². The van der Waals surface area contributed by atoms with Gasteiger partial charge in [0.05, 0.1) is 25.3 Å². The van der Waals surface area contributed by atoms with Crippen molar-refractivity contribution in [2.45, 2.75) is 5.75 Å². The summed E-state index contributed by atoms with van der Waals surface area (Å²) < 4.78 is 16.9. The van der Waals surface area contributed by atoms with E-state index in [-0.39, 0.29) is 5.75 Å². The molecule has 1 aliphatic heterocycles. The Bertz CT molecular complexity index is 994. The molecule has 0 saturated heterocycles. The average molecular weight is 353 g/mol. The highest BCUT2D eigenvalue weighted by atomic mass is 32.2. The Kier molecular flexibility index (Phi) is 4.01. The molecule has 126 valence electrons. The van der Waals surface area contributed by atoms with Crippen molar-refractivity contribution in [3.63, 3.8) is 0 Å². The minimum atomic E-state index is 0.184. The zero-order valence-corrected chi connectivity index (χ0v) is 14.7. The Morgan fingerprint density at radius 2 is 1.84 bits per heavy atom. The largest absolute Gasteiger partial charge is 0.507 e. The molecule has 1 aliphatic rings. The molecule has 0 unspecified atom stereocenters. The van der Waals surface area contributed by atoms with Gasteiger partial charge in [0.15, 0.2) is 0 Å². The van der Waals surface area contributed by atoms with Crippen LogP contribution in [0.1, 0.15) is 16.9 Å². The van der Waals surface area contributed by atoms with E-state index in [0.29, 0.717) is 11.3 Å². The van der Waals surface area contributed by atoms with E-state index < -0.39 is 0 Å². The number of phenols is 1. The molecule has 2 aromatic carbocycles. The van der Waals surface area contributed by atoms with Crippen LogP contribution in [0, 0.1) is 0 Å². The van der Waals surface area contributed by atoms with Crippen LogP contribution in [0.15, 0.2) is 46.9 Å². The fourth-order valence-electron chi connectivity index (χ4n) is 2.98. The van der Waals surface area contributed by atoms with Gasteiger partial charge in [-0.3, -0.25) is 0 Å². The molecule has 0 saturated carbocycles. The van der Waals surface area contributed by atoms with Gasteiger partial charge in [-0.25, -0.2) is 4.42 Å². The third-order valence-electron chi connectivity index (χ3n) is 4.21. The van der Waals surface area contributed by atoms with Gasteiger partial charge in [-0.1, -0.05) is 6.07 Å². The van der Waals surface area contributed by atoms with Crippen molar-refractivity contribution in [2.24, 2.45) is 0 Å². The van der Waals surface area contributed by atoms with E-state index in [1.165, 1.54) is 0 Å². The van der Waals surface area contributed by atoms with Crippen LogP contribution >= 0.6 is 11.8 Å². The number of ether oxygens (including phenoxy) is 2. The zero-order valence-electron chi connectivity index (χ0n) is 13.9. The van der Waals surface area contributed by atoms with Crippen molar-refractivity contribution < 1.29 is 19.0 Å². The van der Waals surface area contributed by atoms with E-state index in [4.69, 9.17) is 13.9 Å². The average Bonchev–Trinajstić information content (AvgIpc) is 3.03. The second kappa shape index (κ2) is 6.33. The number of methoxy groups -OCH3 is 2. The lowest BCUT2D eigenvalue weighted by molar-refractivity contribution is 0.406. The van der Waals surface area contributed by atoms with Crippen molar-refractivity contribution in [3.8, 4) is 17.2 Å². The van der Waals surface area contributed by atoms with Crippen LogP contribution in [0.4, 0.5) is 0 Å². The maximum atomic E-state index is 10.2. The second-order valence-electron chi connectivity index (χ2n) is 5.66. The molecular weight excluding hydrogens is 336 g/mol. The smallest absolute Gasteiger partial charge is 0.371 e. The number of hydrogen-bond donors (Lipinski definition) is 1. The molecular formula is C20H17O4S+. The molecule has 5 heteroatoms. The van der Waals surface area contributed by atoms with Crippen molar-refractivity contribution in [3.05, 3.63) is 59.4 Å². The van der Waals surface area contributed by atoms with Crippen molar-refractivity contribution in [1.29, 1.82) is 0 Å². The summed E-state index contributed by atoms with van der Waals surface area (Å²) in [4.78, 5) is 0.972. The number of hydrogen-bond acceptors (Lipinski definition) is 4. The Balaban J connectivity index is 1.87. The van der Waals surface area contributed by atoms with Crippen molar-refractivity contribution >= 4 is 33.7 Å². The number of fused-ring (bicyclic) bond motifs is 2. The van der Waals surface area contributed by atoms with E-state index in [1.54, 1.807) is 38.1 Å². The molecule has 0 fully saturated rings. The molecule has 0 aliphatic carbocycles. The molecule has 0 bridgehead atoms. The molecule has 4 nitrogen and oxygen atoms in total. The predicted octanol–water partition coefficient (Wildman–Crippen LogP) is 5.18.